The van der Waals surface area contributed by atoms with Gasteiger partial charge < -0.3 is 0 Å². The van der Waals surface area contributed by atoms with Gasteiger partial charge in [0.15, 0.2) is 5.66 Å². The summed E-state index contributed by atoms with van der Waals surface area (Å²) in [4.78, 5) is 0. The zero-order valence-electron chi connectivity index (χ0n) is 5.30. The third-order valence-electron chi connectivity index (χ3n) is 1.45. The fourth-order valence-electron chi connectivity index (χ4n) is 0.668. The predicted molar refractivity (Wildman–Crippen MR) is 35.6 cm³/mol. The Kier molecular flexibility index (Phi) is 1.52. The molecule has 1 aliphatic rings. The van der Waals surface area contributed by atoms with Crippen LogP contribution in [-0.2, 0) is 0 Å². The van der Waals surface area contributed by atoms with Crippen LogP contribution >= 0.6 is 0 Å². The Bertz CT molecular complexity index is 158. The van der Waals surface area contributed by atoms with E-state index in [2.05, 4.69) is 23.1 Å². The van der Waals surface area contributed by atoms with Crippen molar-refractivity contribution in [2.75, 3.05) is 0 Å². The minimum Gasteiger partial charge on any atom is -0.159 e. The second kappa shape index (κ2) is 2.18. The van der Waals surface area contributed by atoms with Gasteiger partial charge >= 0.3 is 0 Å². The fraction of sp³-hybridized carbons (Fsp3) is 0.571. The van der Waals surface area contributed by atoms with Crippen LogP contribution in [0.25, 0.3) is 0 Å². The van der Waals surface area contributed by atoms with Gasteiger partial charge in [-0.15, -0.1) is 12.3 Å². The van der Waals surface area contributed by atoms with Gasteiger partial charge in [0.1, 0.15) is 0 Å². The van der Waals surface area contributed by atoms with Crippen LogP contribution < -0.4 is 0 Å². The molecule has 1 aliphatic heterocycles. The van der Waals surface area contributed by atoms with Crippen LogP contribution in [0.15, 0.2) is 10.2 Å². The highest BCUT2D eigenvalue weighted by molar-refractivity contribution is 4.97. The monoisotopic (exact) mass is 121 g/mol. The van der Waals surface area contributed by atoms with E-state index in [9.17, 15) is 0 Å². The van der Waals surface area contributed by atoms with Gasteiger partial charge in [0.05, 0.1) is 0 Å². The maximum Gasteiger partial charge on any atom is 0.191 e. The molecule has 0 amide bonds. The van der Waals surface area contributed by atoms with E-state index in [1.807, 2.05) is 0 Å². The van der Waals surface area contributed by atoms with Crippen LogP contribution in [-0.4, -0.2) is 5.66 Å². The van der Waals surface area contributed by atoms with E-state index in [0.29, 0.717) is 0 Å². The molecule has 2 heteroatoms. The molecule has 0 bridgehead atoms. The lowest BCUT2D eigenvalue weighted by Crippen LogP contribution is -2.07. The molecule has 0 saturated heterocycles. The van der Waals surface area contributed by atoms with Crippen molar-refractivity contribution in [2.45, 2.75) is 24.9 Å². The molecule has 0 unspecified atom stereocenters. The van der Waals surface area contributed by atoms with Gasteiger partial charge in [-0.2, -0.15) is 10.2 Å². The van der Waals surface area contributed by atoms with E-state index >= 15 is 0 Å². The average Bonchev–Trinajstić information content (AvgIpc) is 2.65. The summed E-state index contributed by atoms with van der Waals surface area (Å²) in [5, 5.41) is 7.71. The first-order valence-corrected chi connectivity index (χ1v) is 3.00. The summed E-state index contributed by atoms with van der Waals surface area (Å²) < 4.78 is 0. The van der Waals surface area contributed by atoms with Crippen molar-refractivity contribution < 1.29 is 0 Å². The maximum atomic E-state index is 5.06. The van der Waals surface area contributed by atoms with Gasteiger partial charge in [-0.25, -0.2) is 0 Å². The van der Waals surface area contributed by atoms with Crippen LogP contribution in [0, 0.1) is 19.3 Å². The largest absolute Gasteiger partial charge is 0.191 e. The lowest BCUT2D eigenvalue weighted by Gasteiger charge is -2.01. The molecular weight excluding hydrogens is 112 g/mol. The van der Waals surface area contributed by atoms with Gasteiger partial charge in [-0.05, 0) is 13.3 Å². The molecule has 1 radical (unpaired) electrons. The van der Waals surface area contributed by atoms with Crippen LogP contribution in [0.5, 0.6) is 0 Å². The molecule has 0 aromatic heterocycles. The fourth-order valence-corrected chi connectivity index (χ4v) is 0.668. The summed E-state index contributed by atoms with van der Waals surface area (Å²) in [6.07, 6.45) is 7.43. The highest BCUT2D eigenvalue weighted by atomic mass is 15.4. The van der Waals surface area contributed by atoms with Crippen LogP contribution in [0.4, 0.5) is 0 Å². The molecular formula is C7H9N2. The predicted octanol–water partition coefficient (Wildman–Crippen LogP) is 1.79. The number of terminal acetylenes is 1. The number of hydrogen-bond donors (Lipinski definition) is 0. The Morgan fingerprint density at radius 3 is 2.56 bits per heavy atom. The van der Waals surface area contributed by atoms with Crippen molar-refractivity contribution in [3.8, 4) is 12.3 Å². The third-order valence-corrected chi connectivity index (χ3v) is 1.45. The Hall–Kier alpha value is -0.840. The normalized spacial score (nSPS) is 19.1. The zero-order chi connectivity index (χ0) is 6.74. The van der Waals surface area contributed by atoms with Gasteiger partial charge in [-0.3, -0.25) is 0 Å². The molecule has 1 heterocycles. The molecule has 2 nitrogen and oxygen atoms in total. The van der Waals surface area contributed by atoms with Crippen LogP contribution in [0.2, 0.25) is 0 Å². The zero-order valence-corrected chi connectivity index (χ0v) is 5.30. The summed E-state index contributed by atoms with van der Waals surface area (Å²) in [5.74, 6) is 2.55. The Morgan fingerprint density at radius 2 is 2.22 bits per heavy atom. The molecule has 0 atom stereocenters. The summed E-state index contributed by atoms with van der Waals surface area (Å²) in [6.45, 7) is 3.72. The van der Waals surface area contributed by atoms with Gasteiger partial charge in [0, 0.05) is 12.8 Å². The van der Waals surface area contributed by atoms with E-state index in [1.54, 1.807) is 0 Å². The van der Waals surface area contributed by atoms with E-state index < -0.39 is 0 Å². The Morgan fingerprint density at radius 1 is 1.56 bits per heavy atom. The molecule has 0 aliphatic carbocycles. The standard InChI is InChI=1S/C7H9N2/c1-3-5-6-7(4-2)8-9-7/h1H,2,4-6H2. The minimum atomic E-state index is -0.160. The van der Waals surface area contributed by atoms with E-state index in [1.165, 1.54) is 0 Å². The molecule has 0 N–H and O–H groups in total. The lowest BCUT2D eigenvalue weighted by atomic mass is 10.1. The van der Waals surface area contributed by atoms with Gasteiger partial charge in [0.2, 0.25) is 0 Å². The molecule has 0 aromatic carbocycles. The average molecular weight is 121 g/mol. The molecule has 0 saturated carbocycles. The number of rotatable bonds is 3. The lowest BCUT2D eigenvalue weighted by molar-refractivity contribution is 0.563. The summed E-state index contributed by atoms with van der Waals surface area (Å²) >= 11 is 0. The second-order valence-corrected chi connectivity index (χ2v) is 2.14. The summed E-state index contributed by atoms with van der Waals surface area (Å²) in [5.41, 5.74) is -0.160. The highest BCUT2D eigenvalue weighted by Gasteiger charge is 2.36. The molecule has 0 fully saturated rings. The van der Waals surface area contributed by atoms with Gasteiger partial charge in [-0.1, -0.05) is 0 Å². The van der Waals surface area contributed by atoms with E-state index in [4.69, 9.17) is 6.42 Å². The smallest absolute Gasteiger partial charge is 0.159 e. The molecule has 1 rings (SSSR count). The van der Waals surface area contributed by atoms with Crippen molar-refractivity contribution in [1.29, 1.82) is 0 Å². The number of nitrogens with zero attached hydrogens (tertiary/aromatic N) is 2. The van der Waals surface area contributed by atoms with Crippen LogP contribution in [0.3, 0.4) is 0 Å². The van der Waals surface area contributed by atoms with E-state index in [-0.39, 0.29) is 5.66 Å². The maximum absolute atomic E-state index is 5.06. The number of hydrogen-bond acceptors (Lipinski definition) is 2. The van der Waals surface area contributed by atoms with Crippen LogP contribution in [0.1, 0.15) is 19.3 Å². The first-order chi connectivity index (χ1) is 4.33. The first kappa shape index (κ1) is 6.28. The summed E-state index contributed by atoms with van der Waals surface area (Å²) in [6, 6.07) is 0. The minimum absolute atomic E-state index is 0.160. The third kappa shape index (κ3) is 1.29. The summed E-state index contributed by atoms with van der Waals surface area (Å²) in [7, 11) is 0. The SMILES string of the molecule is C#CCCC1(C[CH2])N=N1. The van der Waals surface area contributed by atoms with E-state index in [0.717, 1.165) is 19.3 Å². The topological polar surface area (TPSA) is 24.7 Å². The van der Waals surface area contributed by atoms with Crippen molar-refractivity contribution in [1.82, 2.24) is 0 Å². The molecule has 9 heavy (non-hydrogen) atoms. The van der Waals surface area contributed by atoms with Crippen molar-refractivity contribution in [3.05, 3.63) is 6.92 Å². The molecule has 47 valence electrons. The second-order valence-electron chi connectivity index (χ2n) is 2.14. The first-order valence-electron chi connectivity index (χ1n) is 3.00. The highest BCUT2D eigenvalue weighted by Crippen LogP contribution is 2.35. The molecule has 0 aromatic rings. The quantitative estimate of drug-likeness (QED) is 0.508. The van der Waals surface area contributed by atoms with Crippen molar-refractivity contribution >= 4 is 0 Å². The van der Waals surface area contributed by atoms with Gasteiger partial charge in [0.25, 0.3) is 0 Å². The Labute approximate surface area is 55.4 Å². The molecule has 0 spiro atoms. The van der Waals surface area contributed by atoms with Crippen molar-refractivity contribution in [2.24, 2.45) is 10.2 Å². The van der Waals surface area contributed by atoms with Crippen molar-refractivity contribution in [3.63, 3.8) is 0 Å². The Balaban J connectivity index is 2.20.